The van der Waals surface area contributed by atoms with Crippen molar-refractivity contribution in [2.45, 2.75) is 19.3 Å². The van der Waals surface area contributed by atoms with E-state index in [2.05, 4.69) is 21.1 Å². The molecule has 0 saturated carbocycles. The molecule has 14 heteroatoms. The predicted molar refractivity (Wildman–Crippen MR) is 187 cm³/mol. The van der Waals surface area contributed by atoms with E-state index >= 15 is 0 Å². The third-order valence-corrected chi connectivity index (χ3v) is 7.03. The number of carbonyl (C=O) groups is 4. The van der Waals surface area contributed by atoms with Crippen molar-refractivity contribution in [2.75, 3.05) is 28.4 Å². The van der Waals surface area contributed by atoms with Gasteiger partial charge in [0.2, 0.25) is 11.8 Å². The summed E-state index contributed by atoms with van der Waals surface area (Å²) < 4.78 is 31.6. The first-order chi connectivity index (χ1) is 24.7. The molecule has 264 valence electrons. The molecule has 2 amide bonds. The van der Waals surface area contributed by atoms with Gasteiger partial charge in [-0.05, 0) is 102 Å². The van der Waals surface area contributed by atoms with Crippen LogP contribution in [0.15, 0.2) is 95.1 Å². The Labute approximate surface area is 294 Å². The average molecular weight is 697 g/mol. The summed E-state index contributed by atoms with van der Waals surface area (Å²) in [5.41, 5.74) is 6.73. The molecule has 0 fully saturated rings. The molecule has 0 aliphatic heterocycles. The molecule has 4 aromatic carbocycles. The summed E-state index contributed by atoms with van der Waals surface area (Å²) in [4.78, 5) is 49.3. The molecule has 0 aromatic heterocycles. The minimum atomic E-state index is -0.565. The second-order valence-electron chi connectivity index (χ2n) is 10.5. The van der Waals surface area contributed by atoms with Crippen LogP contribution in [-0.2, 0) is 9.59 Å². The molecule has 0 aliphatic rings. The molecule has 51 heavy (non-hydrogen) atoms. The molecule has 0 atom stereocenters. The number of esters is 2. The zero-order valence-corrected chi connectivity index (χ0v) is 28.3. The highest BCUT2D eigenvalue weighted by Crippen LogP contribution is 2.29. The van der Waals surface area contributed by atoms with Gasteiger partial charge < -0.3 is 28.4 Å². The molecule has 0 radical (unpaired) electrons. The maximum absolute atomic E-state index is 12.5. The Kier molecular flexibility index (Phi) is 13.6. The van der Waals surface area contributed by atoms with Crippen LogP contribution in [0.25, 0.3) is 0 Å². The van der Waals surface area contributed by atoms with Gasteiger partial charge in [-0.1, -0.05) is 0 Å². The molecular formula is C37H36N4O10. The number of rotatable bonds is 16. The highest BCUT2D eigenvalue weighted by Gasteiger charge is 2.14. The molecule has 0 heterocycles. The van der Waals surface area contributed by atoms with E-state index in [1.54, 1.807) is 72.8 Å². The Morgan fingerprint density at radius 2 is 0.902 bits per heavy atom. The number of benzene rings is 4. The van der Waals surface area contributed by atoms with Gasteiger partial charge in [0.05, 0.1) is 52.0 Å². The Bertz CT molecular complexity index is 1750. The molecule has 4 aromatic rings. The third-order valence-electron chi connectivity index (χ3n) is 7.03. The first kappa shape index (κ1) is 37.1. The van der Waals surface area contributed by atoms with Crippen LogP contribution in [-0.4, -0.2) is 64.6 Å². The summed E-state index contributed by atoms with van der Waals surface area (Å²) in [6.45, 7) is 0. The predicted octanol–water partition coefficient (Wildman–Crippen LogP) is 4.93. The first-order valence-corrected chi connectivity index (χ1v) is 15.4. The van der Waals surface area contributed by atoms with Gasteiger partial charge in [0.1, 0.15) is 11.5 Å². The number of hydrogen-bond acceptors (Lipinski definition) is 12. The quantitative estimate of drug-likeness (QED) is 0.0708. The molecule has 4 rings (SSSR count). The van der Waals surface area contributed by atoms with Gasteiger partial charge in [-0.2, -0.15) is 10.2 Å². The van der Waals surface area contributed by atoms with Crippen LogP contribution >= 0.6 is 0 Å². The lowest BCUT2D eigenvalue weighted by Gasteiger charge is -2.09. The van der Waals surface area contributed by atoms with Crippen molar-refractivity contribution in [3.63, 3.8) is 0 Å². The van der Waals surface area contributed by atoms with Gasteiger partial charge in [0.15, 0.2) is 23.0 Å². The number of methoxy groups -OCH3 is 4. The highest BCUT2D eigenvalue weighted by molar-refractivity contribution is 5.93. The highest BCUT2D eigenvalue weighted by atomic mass is 16.5. The summed E-state index contributed by atoms with van der Waals surface area (Å²) >= 11 is 0. The van der Waals surface area contributed by atoms with Gasteiger partial charge in [-0.15, -0.1) is 0 Å². The van der Waals surface area contributed by atoms with E-state index < -0.39 is 11.9 Å². The van der Waals surface area contributed by atoms with Gasteiger partial charge in [0, 0.05) is 12.8 Å². The summed E-state index contributed by atoms with van der Waals surface area (Å²) in [7, 11) is 5.96. The Morgan fingerprint density at radius 3 is 1.25 bits per heavy atom. The number of hydrogen-bond donors (Lipinski definition) is 2. The molecule has 0 spiro atoms. The van der Waals surface area contributed by atoms with Crippen LogP contribution in [0.1, 0.15) is 51.1 Å². The van der Waals surface area contributed by atoms with Crippen molar-refractivity contribution in [1.82, 2.24) is 10.9 Å². The Balaban J connectivity index is 1.13. The largest absolute Gasteiger partial charge is 0.493 e. The fourth-order valence-electron chi connectivity index (χ4n) is 4.38. The number of hydrazone groups is 2. The Morgan fingerprint density at radius 1 is 0.529 bits per heavy atom. The second kappa shape index (κ2) is 18.7. The van der Waals surface area contributed by atoms with Crippen LogP contribution in [0, 0.1) is 0 Å². The molecule has 14 nitrogen and oxygen atoms in total. The van der Waals surface area contributed by atoms with E-state index in [0.717, 1.165) is 0 Å². The summed E-state index contributed by atoms with van der Waals surface area (Å²) in [5.74, 6) is 0.586. The molecule has 2 N–H and O–H groups in total. The maximum atomic E-state index is 12.5. The molecule has 0 aliphatic carbocycles. The fourth-order valence-corrected chi connectivity index (χ4v) is 4.38. The Hall–Kier alpha value is -6.70. The number of ether oxygens (including phenoxy) is 6. The van der Waals surface area contributed by atoms with Gasteiger partial charge >= 0.3 is 11.9 Å². The lowest BCUT2D eigenvalue weighted by Crippen LogP contribution is -2.20. The summed E-state index contributed by atoms with van der Waals surface area (Å²) in [6.07, 6.45) is 3.30. The van der Waals surface area contributed by atoms with E-state index in [0.29, 0.717) is 56.8 Å². The smallest absolute Gasteiger partial charge is 0.343 e. The van der Waals surface area contributed by atoms with Crippen molar-refractivity contribution in [3.05, 3.63) is 107 Å². The normalized spacial score (nSPS) is 10.7. The van der Waals surface area contributed by atoms with E-state index in [4.69, 9.17) is 28.4 Å². The van der Waals surface area contributed by atoms with E-state index in [1.807, 2.05) is 0 Å². The number of nitrogens with one attached hydrogen (secondary N) is 2. The minimum absolute atomic E-state index is 0.0724. The van der Waals surface area contributed by atoms with E-state index in [1.165, 1.54) is 53.0 Å². The molecule has 0 saturated heterocycles. The van der Waals surface area contributed by atoms with Gasteiger partial charge in [-0.3, -0.25) is 9.59 Å². The van der Waals surface area contributed by atoms with Crippen LogP contribution in [0.2, 0.25) is 0 Å². The van der Waals surface area contributed by atoms with Crippen molar-refractivity contribution >= 4 is 36.2 Å². The van der Waals surface area contributed by atoms with Crippen LogP contribution < -0.4 is 39.3 Å². The van der Waals surface area contributed by atoms with Gasteiger partial charge in [0.25, 0.3) is 0 Å². The minimum Gasteiger partial charge on any atom is -0.493 e. The standard InChI is InChI=1S/C37H36N4O10/c1-46-30-18-12-26(20-32(30)48-3)36(44)50-28-14-8-24(9-15-28)22-38-40-34(42)6-5-7-35(43)41-39-23-25-10-16-29(17-11-25)51-37(45)27-13-19-31(47-2)33(21-27)49-4/h8-23H,5-7H2,1-4H3,(H,40,42)(H,41,43). The van der Waals surface area contributed by atoms with Crippen LogP contribution in [0.4, 0.5) is 0 Å². The maximum Gasteiger partial charge on any atom is 0.343 e. The number of carbonyl (C=O) groups excluding carboxylic acids is 4. The zero-order valence-electron chi connectivity index (χ0n) is 28.3. The number of nitrogens with zero attached hydrogens (tertiary/aromatic N) is 2. The van der Waals surface area contributed by atoms with Crippen molar-refractivity contribution in [2.24, 2.45) is 10.2 Å². The average Bonchev–Trinajstić information content (AvgIpc) is 3.15. The molecular weight excluding hydrogens is 660 g/mol. The van der Waals surface area contributed by atoms with Crippen molar-refractivity contribution in [3.8, 4) is 34.5 Å². The van der Waals surface area contributed by atoms with Crippen molar-refractivity contribution < 1.29 is 47.6 Å². The summed E-state index contributed by atoms with van der Waals surface area (Å²) in [5, 5.41) is 7.85. The van der Waals surface area contributed by atoms with E-state index in [9.17, 15) is 19.2 Å². The lowest BCUT2D eigenvalue weighted by atomic mass is 10.2. The fraction of sp³-hybridized carbons (Fsp3) is 0.189. The van der Waals surface area contributed by atoms with E-state index in [-0.39, 0.29) is 31.1 Å². The first-order valence-electron chi connectivity index (χ1n) is 15.4. The SMILES string of the molecule is COc1ccc(C(=O)Oc2ccc(C=NNC(=O)CCCC(=O)NN=Cc3ccc(OC(=O)c4ccc(OC)c(OC)c4)cc3)cc2)cc1OC. The summed E-state index contributed by atoms with van der Waals surface area (Å²) in [6, 6.07) is 22.5. The molecule has 0 unspecified atom stereocenters. The molecule has 0 bridgehead atoms. The van der Waals surface area contributed by atoms with Crippen molar-refractivity contribution in [1.29, 1.82) is 0 Å². The second-order valence-corrected chi connectivity index (χ2v) is 10.5. The topological polar surface area (TPSA) is 172 Å². The monoisotopic (exact) mass is 696 g/mol. The van der Waals surface area contributed by atoms with Crippen LogP contribution in [0.5, 0.6) is 34.5 Å². The third kappa shape index (κ3) is 11.2. The number of amides is 2. The van der Waals surface area contributed by atoms with Crippen LogP contribution in [0.3, 0.4) is 0 Å². The van der Waals surface area contributed by atoms with Gasteiger partial charge in [-0.25, -0.2) is 20.4 Å². The lowest BCUT2D eigenvalue weighted by molar-refractivity contribution is -0.122. The zero-order chi connectivity index (χ0) is 36.6.